The molecule has 0 unspecified atom stereocenters. The minimum absolute atomic E-state index is 0.378. The zero-order chi connectivity index (χ0) is 7.49. The van der Waals surface area contributed by atoms with Gasteiger partial charge in [-0.15, -0.1) is 0 Å². The molecule has 54 valence electrons. The molecule has 9 heavy (non-hydrogen) atoms. The van der Waals surface area contributed by atoms with Crippen LogP contribution in [-0.2, 0) is 0 Å². The average Bonchev–Trinajstić information content (AvgIpc) is 1.65. The monoisotopic (exact) mass is 126 g/mol. The lowest BCUT2D eigenvalue weighted by Gasteiger charge is -2.21. The number of rotatable bonds is 1. The van der Waals surface area contributed by atoms with Gasteiger partial charge in [-0.2, -0.15) is 0 Å². The molecule has 0 rings (SSSR count). The molecule has 0 aromatic rings. The van der Waals surface area contributed by atoms with E-state index in [-0.39, 0.29) is 0 Å². The van der Waals surface area contributed by atoms with Crippen LogP contribution in [0.2, 0.25) is 0 Å². The first-order chi connectivity index (χ1) is 4.02. The van der Waals surface area contributed by atoms with Gasteiger partial charge in [0.1, 0.15) is 0 Å². The molecule has 0 saturated heterocycles. The van der Waals surface area contributed by atoms with Gasteiger partial charge in [0, 0.05) is 0 Å². The van der Waals surface area contributed by atoms with Crippen LogP contribution in [0.5, 0.6) is 0 Å². The molecule has 0 aliphatic carbocycles. The van der Waals surface area contributed by atoms with E-state index in [4.69, 9.17) is 0 Å². The molecule has 0 nitrogen and oxygen atoms in total. The Morgan fingerprint density at radius 3 is 1.78 bits per heavy atom. The highest BCUT2D eigenvalue weighted by Gasteiger charge is 2.12. The van der Waals surface area contributed by atoms with Crippen molar-refractivity contribution < 1.29 is 0 Å². The van der Waals surface area contributed by atoms with E-state index in [2.05, 4.69) is 40.7 Å². The Balaban J connectivity index is 4.14. The molecule has 0 fully saturated rings. The Labute approximate surface area is 59.0 Å². The van der Waals surface area contributed by atoms with Gasteiger partial charge in [0.25, 0.3) is 0 Å². The van der Waals surface area contributed by atoms with Gasteiger partial charge < -0.3 is 0 Å². The molecule has 0 aliphatic rings. The SMILES string of the molecule is C/C=C(\CC)C(C)(C)C. The van der Waals surface area contributed by atoms with Gasteiger partial charge in [-0.25, -0.2) is 0 Å². The lowest BCUT2D eigenvalue weighted by Crippen LogP contribution is -2.07. The zero-order valence-electron chi connectivity index (χ0n) is 7.28. The van der Waals surface area contributed by atoms with Crippen LogP contribution in [0.1, 0.15) is 41.0 Å². The summed E-state index contributed by atoms with van der Waals surface area (Å²) in [4.78, 5) is 0. The zero-order valence-corrected chi connectivity index (χ0v) is 7.28. The smallest absolute Gasteiger partial charge is 0.0173 e. The van der Waals surface area contributed by atoms with Crippen LogP contribution in [0.4, 0.5) is 0 Å². The second kappa shape index (κ2) is 3.05. The summed E-state index contributed by atoms with van der Waals surface area (Å²) >= 11 is 0. The van der Waals surface area contributed by atoms with Crippen molar-refractivity contribution in [2.75, 3.05) is 0 Å². The first-order valence-corrected chi connectivity index (χ1v) is 3.68. The van der Waals surface area contributed by atoms with Gasteiger partial charge in [0.2, 0.25) is 0 Å². The number of hydrogen-bond donors (Lipinski definition) is 0. The Kier molecular flexibility index (Phi) is 2.96. The normalized spacial score (nSPS) is 14.1. The van der Waals surface area contributed by atoms with Crippen LogP contribution >= 0.6 is 0 Å². The summed E-state index contributed by atoms with van der Waals surface area (Å²) in [6.07, 6.45) is 3.40. The second-order valence-corrected chi connectivity index (χ2v) is 3.42. The van der Waals surface area contributed by atoms with Crippen LogP contribution in [-0.4, -0.2) is 0 Å². The minimum Gasteiger partial charge on any atom is -0.0879 e. The van der Waals surface area contributed by atoms with Crippen molar-refractivity contribution in [2.24, 2.45) is 5.41 Å². The van der Waals surface area contributed by atoms with E-state index in [0.29, 0.717) is 5.41 Å². The van der Waals surface area contributed by atoms with Crippen molar-refractivity contribution in [3.8, 4) is 0 Å². The fraction of sp³-hybridized carbons (Fsp3) is 0.778. The van der Waals surface area contributed by atoms with E-state index in [1.165, 1.54) is 6.42 Å². The van der Waals surface area contributed by atoms with Crippen LogP contribution in [0.3, 0.4) is 0 Å². The maximum atomic E-state index is 2.26. The summed E-state index contributed by atoms with van der Waals surface area (Å²) in [5, 5.41) is 0. The Morgan fingerprint density at radius 2 is 1.78 bits per heavy atom. The third-order valence-corrected chi connectivity index (χ3v) is 1.69. The largest absolute Gasteiger partial charge is 0.0879 e. The second-order valence-electron chi connectivity index (χ2n) is 3.42. The van der Waals surface area contributed by atoms with Crippen molar-refractivity contribution in [1.29, 1.82) is 0 Å². The fourth-order valence-corrected chi connectivity index (χ4v) is 1.17. The van der Waals surface area contributed by atoms with Gasteiger partial charge in [0.15, 0.2) is 0 Å². The molecule has 0 N–H and O–H groups in total. The van der Waals surface area contributed by atoms with E-state index >= 15 is 0 Å². The molecule has 0 amide bonds. The Morgan fingerprint density at radius 1 is 1.33 bits per heavy atom. The van der Waals surface area contributed by atoms with E-state index in [9.17, 15) is 0 Å². The van der Waals surface area contributed by atoms with Crippen molar-refractivity contribution >= 4 is 0 Å². The van der Waals surface area contributed by atoms with Gasteiger partial charge in [-0.05, 0) is 18.8 Å². The van der Waals surface area contributed by atoms with Crippen LogP contribution in [0.25, 0.3) is 0 Å². The van der Waals surface area contributed by atoms with Gasteiger partial charge in [-0.3, -0.25) is 0 Å². The molecule has 0 aromatic carbocycles. The third-order valence-electron chi connectivity index (χ3n) is 1.69. The molecule has 0 aliphatic heterocycles. The highest BCUT2D eigenvalue weighted by Crippen LogP contribution is 2.26. The molecule has 0 spiro atoms. The predicted molar refractivity (Wildman–Crippen MR) is 43.5 cm³/mol. The predicted octanol–water partition coefficient (Wildman–Crippen LogP) is 3.39. The maximum absolute atomic E-state index is 2.26. The molecule has 0 heteroatoms. The van der Waals surface area contributed by atoms with Gasteiger partial charge >= 0.3 is 0 Å². The molecular formula is C9H18. The summed E-state index contributed by atoms with van der Waals surface area (Å²) < 4.78 is 0. The standard InChI is InChI=1S/C9H18/c1-6-8(7-2)9(3,4)5/h6H,7H2,1-5H3/b8-6+. The molecule has 0 saturated carbocycles. The number of hydrogen-bond acceptors (Lipinski definition) is 0. The quantitative estimate of drug-likeness (QED) is 0.472. The minimum atomic E-state index is 0.378. The first kappa shape index (κ1) is 8.74. The first-order valence-electron chi connectivity index (χ1n) is 3.68. The summed E-state index contributed by atoms with van der Waals surface area (Å²) in [6, 6.07) is 0. The summed E-state index contributed by atoms with van der Waals surface area (Å²) in [5.74, 6) is 0. The van der Waals surface area contributed by atoms with Crippen LogP contribution < -0.4 is 0 Å². The molecule has 0 bridgehead atoms. The summed E-state index contributed by atoms with van der Waals surface area (Å²) in [6.45, 7) is 11.1. The average molecular weight is 126 g/mol. The van der Waals surface area contributed by atoms with E-state index in [0.717, 1.165) is 0 Å². The Bertz CT molecular complexity index is 102. The topological polar surface area (TPSA) is 0 Å². The highest BCUT2D eigenvalue weighted by molar-refractivity contribution is 5.08. The fourth-order valence-electron chi connectivity index (χ4n) is 1.17. The summed E-state index contributed by atoms with van der Waals surface area (Å²) in [5.41, 5.74) is 1.92. The van der Waals surface area contributed by atoms with Crippen molar-refractivity contribution in [2.45, 2.75) is 41.0 Å². The van der Waals surface area contributed by atoms with Gasteiger partial charge in [0.05, 0.1) is 0 Å². The van der Waals surface area contributed by atoms with E-state index in [1.807, 2.05) is 0 Å². The van der Waals surface area contributed by atoms with E-state index < -0.39 is 0 Å². The molecular weight excluding hydrogens is 108 g/mol. The highest BCUT2D eigenvalue weighted by atomic mass is 14.2. The lowest BCUT2D eigenvalue weighted by molar-refractivity contribution is 0.487. The maximum Gasteiger partial charge on any atom is -0.0173 e. The Hall–Kier alpha value is -0.260. The number of allylic oxidation sites excluding steroid dienone is 2. The van der Waals surface area contributed by atoms with Crippen molar-refractivity contribution in [1.82, 2.24) is 0 Å². The lowest BCUT2D eigenvalue weighted by atomic mass is 9.85. The molecule has 0 radical (unpaired) electrons. The van der Waals surface area contributed by atoms with Crippen LogP contribution in [0.15, 0.2) is 11.6 Å². The van der Waals surface area contributed by atoms with Crippen molar-refractivity contribution in [3.63, 3.8) is 0 Å². The summed E-state index contributed by atoms with van der Waals surface area (Å²) in [7, 11) is 0. The van der Waals surface area contributed by atoms with Gasteiger partial charge in [-0.1, -0.05) is 39.3 Å². The molecule has 0 aromatic heterocycles. The van der Waals surface area contributed by atoms with E-state index in [1.54, 1.807) is 5.57 Å². The van der Waals surface area contributed by atoms with Crippen LogP contribution in [0, 0.1) is 5.41 Å². The molecule has 0 heterocycles. The molecule has 0 atom stereocenters. The van der Waals surface area contributed by atoms with Crippen molar-refractivity contribution in [3.05, 3.63) is 11.6 Å². The third kappa shape index (κ3) is 2.69.